The van der Waals surface area contributed by atoms with E-state index < -0.39 is 6.10 Å². The van der Waals surface area contributed by atoms with E-state index in [9.17, 15) is 15.0 Å². The maximum absolute atomic E-state index is 12.1. The molecule has 0 spiro atoms. The largest absolute Gasteiger partial charge is 0.508 e. The van der Waals surface area contributed by atoms with Crippen LogP contribution in [0.25, 0.3) is 0 Å². The predicted molar refractivity (Wildman–Crippen MR) is 101 cm³/mol. The summed E-state index contributed by atoms with van der Waals surface area (Å²) >= 11 is 0. The van der Waals surface area contributed by atoms with Gasteiger partial charge in [-0.3, -0.25) is 9.69 Å². The number of nitrogens with one attached hydrogen (secondary N) is 1. The molecular weight excluding hydrogens is 330 g/mol. The number of rotatable bonds is 5. The van der Waals surface area contributed by atoms with Crippen LogP contribution in [0, 0.1) is 5.92 Å². The van der Waals surface area contributed by atoms with E-state index in [1.165, 1.54) is 0 Å². The van der Waals surface area contributed by atoms with Gasteiger partial charge in [0.25, 0.3) is 5.56 Å². The molecule has 1 aromatic carbocycles. The second-order valence-corrected chi connectivity index (χ2v) is 7.50. The minimum atomic E-state index is -0.492. The molecular formula is C20H25N3O3. The standard InChI is InChI=1S/C20H25N3O3/c24-17-4-1-3-16(8-17)21-9-18(25)13-22-10-14-7-15(12-22)19-5-2-6-20(26)23(19)11-14/h1-6,8,14-15,18,21,24-25H,7,9-13H2/t14-,15-,18+/m0/s1. The van der Waals surface area contributed by atoms with Crippen LogP contribution in [-0.4, -0.2) is 52.0 Å². The van der Waals surface area contributed by atoms with Crippen molar-refractivity contribution in [3.8, 4) is 5.75 Å². The van der Waals surface area contributed by atoms with Crippen molar-refractivity contribution in [2.75, 3.05) is 31.5 Å². The van der Waals surface area contributed by atoms with Gasteiger partial charge in [-0.15, -0.1) is 0 Å². The summed E-state index contributed by atoms with van der Waals surface area (Å²) in [4.78, 5) is 14.4. The van der Waals surface area contributed by atoms with Crippen molar-refractivity contribution in [3.05, 3.63) is 58.5 Å². The van der Waals surface area contributed by atoms with Gasteiger partial charge in [0.1, 0.15) is 5.75 Å². The average molecular weight is 355 g/mol. The number of phenolic OH excluding ortho intramolecular Hbond substituents is 1. The lowest BCUT2D eigenvalue weighted by molar-refractivity contribution is 0.0676. The third-order valence-electron chi connectivity index (χ3n) is 5.41. The molecule has 0 saturated carbocycles. The van der Waals surface area contributed by atoms with E-state index in [2.05, 4.69) is 16.3 Å². The fourth-order valence-corrected chi connectivity index (χ4v) is 4.36. The van der Waals surface area contributed by atoms with Crippen molar-refractivity contribution in [3.63, 3.8) is 0 Å². The maximum Gasteiger partial charge on any atom is 0.250 e. The number of benzene rings is 1. The Morgan fingerprint density at radius 1 is 1.15 bits per heavy atom. The molecule has 2 aliphatic heterocycles. The van der Waals surface area contributed by atoms with E-state index in [-0.39, 0.29) is 11.3 Å². The minimum Gasteiger partial charge on any atom is -0.508 e. The van der Waals surface area contributed by atoms with Gasteiger partial charge < -0.3 is 20.1 Å². The van der Waals surface area contributed by atoms with Gasteiger partial charge >= 0.3 is 0 Å². The third-order valence-corrected chi connectivity index (χ3v) is 5.41. The first kappa shape index (κ1) is 17.1. The number of phenols is 1. The number of aromatic hydroxyl groups is 1. The van der Waals surface area contributed by atoms with Gasteiger partial charge in [0.15, 0.2) is 0 Å². The smallest absolute Gasteiger partial charge is 0.250 e. The Kier molecular flexibility index (Phi) is 4.70. The molecule has 2 bridgehead atoms. The van der Waals surface area contributed by atoms with Gasteiger partial charge in [0, 0.05) is 62.2 Å². The topological polar surface area (TPSA) is 77.7 Å². The molecule has 26 heavy (non-hydrogen) atoms. The van der Waals surface area contributed by atoms with Crippen LogP contribution in [0.5, 0.6) is 5.75 Å². The summed E-state index contributed by atoms with van der Waals surface area (Å²) in [7, 11) is 0. The van der Waals surface area contributed by atoms with E-state index in [0.717, 1.165) is 37.4 Å². The molecule has 6 nitrogen and oxygen atoms in total. The average Bonchev–Trinajstić information content (AvgIpc) is 2.61. The number of pyridine rings is 1. The summed E-state index contributed by atoms with van der Waals surface area (Å²) in [6.07, 6.45) is 0.631. The first-order chi connectivity index (χ1) is 12.6. The molecule has 1 fully saturated rings. The van der Waals surface area contributed by atoms with Gasteiger partial charge in [0.2, 0.25) is 0 Å². The summed E-state index contributed by atoms with van der Waals surface area (Å²) < 4.78 is 1.93. The lowest BCUT2D eigenvalue weighted by atomic mass is 9.83. The van der Waals surface area contributed by atoms with E-state index >= 15 is 0 Å². The lowest BCUT2D eigenvalue weighted by Gasteiger charge is -2.43. The predicted octanol–water partition coefficient (Wildman–Crippen LogP) is 1.45. The lowest BCUT2D eigenvalue weighted by Crippen LogP contribution is -2.49. The van der Waals surface area contributed by atoms with Crippen molar-refractivity contribution in [2.45, 2.75) is 25.0 Å². The van der Waals surface area contributed by atoms with E-state index in [1.807, 2.05) is 16.7 Å². The van der Waals surface area contributed by atoms with Gasteiger partial charge in [-0.05, 0) is 30.5 Å². The Balaban J connectivity index is 1.36. The van der Waals surface area contributed by atoms with Crippen molar-refractivity contribution in [2.24, 2.45) is 5.92 Å². The van der Waals surface area contributed by atoms with Crippen LogP contribution in [0.15, 0.2) is 47.3 Å². The molecule has 0 unspecified atom stereocenters. The number of aliphatic hydroxyl groups is 1. The zero-order valence-electron chi connectivity index (χ0n) is 14.7. The van der Waals surface area contributed by atoms with E-state index in [1.54, 1.807) is 24.3 Å². The second kappa shape index (κ2) is 7.13. The van der Waals surface area contributed by atoms with Crippen molar-refractivity contribution in [1.82, 2.24) is 9.47 Å². The van der Waals surface area contributed by atoms with Crippen molar-refractivity contribution in [1.29, 1.82) is 0 Å². The Labute approximate surface area is 152 Å². The number of hydrogen-bond acceptors (Lipinski definition) is 5. The zero-order chi connectivity index (χ0) is 18.1. The minimum absolute atomic E-state index is 0.0981. The fourth-order valence-electron chi connectivity index (χ4n) is 4.36. The highest BCUT2D eigenvalue weighted by molar-refractivity contribution is 5.47. The third kappa shape index (κ3) is 3.61. The van der Waals surface area contributed by atoms with Gasteiger partial charge in [-0.25, -0.2) is 0 Å². The number of piperidine rings is 1. The second-order valence-electron chi connectivity index (χ2n) is 7.50. The molecule has 3 heterocycles. The number of anilines is 1. The summed E-state index contributed by atoms with van der Waals surface area (Å²) in [5.41, 5.74) is 2.03. The molecule has 1 saturated heterocycles. The first-order valence-electron chi connectivity index (χ1n) is 9.21. The molecule has 2 aromatic rings. The molecule has 0 radical (unpaired) electrons. The molecule has 1 aromatic heterocycles. The highest BCUT2D eigenvalue weighted by atomic mass is 16.3. The SMILES string of the molecule is O=c1cccc2n1C[C@H]1C[C@H]2CN(C[C@H](O)CNc2cccc(O)c2)C1. The van der Waals surface area contributed by atoms with Crippen LogP contribution in [0.4, 0.5) is 5.69 Å². The summed E-state index contributed by atoms with van der Waals surface area (Å²) in [5.74, 6) is 1.04. The Morgan fingerprint density at radius 3 is 2.85 bits per heavy atom. The highest BCUT2D eigenvalue weighted by Crippen LogP contribution is 2.34. The number of nitrogens with zero attached hydrogens (tertiary/aromatic N) is 2. The normalized spacial score (nSPS) is 23.3. The van der Waals surface area contributed by atoms with Crippen LogP contribution in [-0.2, 0) is 6.54 Å². The summed E-state index contributed by atoms with van der Waals surface area (Å²) in [5, 5.41) is 23.1. The van der Waals surface area contributed by atoms with E-state index in [4.69, 9.17) is 0 Å². The monoisotopic (exact) mass is 355 g/mol. The van der Waals surface area contributed by atoms with Gasteiger partial charge in [0.05, 0.1) is 6.10 Å². The van der Waals surface area contributed by atoms with Crippen LogP contribution in [0.2, 0.25) is 0 Å². The summed E-state index contributed by atoms with van der Waals surface area (Å²) in [6, 6.07) is 12.5. The van der Waals surface area contributed by atoms with E-state index in [0.29, 0.717) is 24.9 Å². The maximum atomic E-state index is 12.1. The quantitative estimate of drug-likeness (QED) is 0.757. The Morgan fingerprint density at radius 2 is 2.00 bits per heavy atom. The first-order valence-corrected chi connectivity index (χ1v) is 9.21. The van der Waals surface area contributed by atoms with Crippen LogP contribution in [0.3, 0.4) is 0 Å². The Bertz CT molecular complexity index is 835. The van der Waals surface area contributed by atoms with Crippen LogP contribution < -0.4 is 10.9 Å². The zero-order valence-corrected chi connectivity index (χ0v) is 14.7. The number of fused-ring (bicyclic) bond motifs is 4. The van der Waals surface area contributed by atoms with Gasteiger partial charge in [-0.1, -0.05) is 12.1 Å². The van der Waals surface area contributed by atoms with Crippen molar-refractivity contribution < 1.29 is 10.2 Å². The Hall–Kier alpha value is -2.31. The number of likely N-dealkylation sites (tertiary alicyclic amines) is 1. The number of aliphatic hydroxyl groups excluding tert-OH is 1. The fraction of sp³-hybridized carbons (Fsp3) is 0.450. The summed E-state index contributed by atoms with van der Waals surface area (Å²) in [6.45, 7) is 3.62. The number of hydrogen-bond donors (Lipinski definition) is 3. The molecule has 3 atom stereocenters. The molecule has 0 aliphatic carbocycles. The molecule has 6 heteroatoms. The molecule has 138 valence electrons. The van der Waals surface area contributed by atoms with Crippen molar-refractivity contribution >= 4 is 5.69 Å². The number of β-amino-alcohol motifs (C(OH)–C–C–N with tert-alkyl or cyclic N) is 1. The molecule has 0 amide bonds. The van der Waals surface area contributed by atoms with Gasteiger partial charge in [-0.2, -0.15) is 0 Å². The number of aromatic nitrogens is 1. The molecule has 4 rings (SSSR count). The van der Waals surface area contributed by atoms with Crippen LogP contribution >= 0.6 is 0 Å². The molecule has 2 aliphatic rings. The highest BCUT2D eigenvalue weighted by Gasteiger charge is 2.34. The molecule has 3 N–H and O–H groups in total. The van der Waals surface area contributed by atoms with Crippen LogP contribution in [0.1, 0.15) is 18.0 Å².